The second kappa shape index (κ2) is 3.13. The average molecular weight is 202 g/mol. The van der Waals surface area contributed by atoms with E-state index < -0.39 is 0 Å². The number of rotatable bonds is 1. The number of benzene rings is 1. The number of thiophene rings is 1. The Morgan fingerprint density at radius 3 is 2.93 bits per heavy atom. The van der Waals surface area contributed by atoms with Gasteiger partial charge in [0.1, 0.15) is 6.07 Å². The van der Waals surface area contributed by atoms with Crippen molar-refractivity contribution in [3.8, 4) is 6.07 Å². The first kappa shape index (κ1) is 8.73. The van der Waals surface area contributed by atoms with Gasteiger partial charge in [-0.15, -0.1) is 11.3 Å². The molecule has 0 saturated carbocycles. The van der Waals surface area contributed by atoms with Crippen LogP contribution >= 0.6 is 11.3 Å². The number of aldehydes is 1. The number of carbonyl (C=O) groups excluding carboxylic acids is 1. The molecule has 3 nitrogen and oxygen atoms in total. The molecule has 68 valence electrons. The van der Waals surface area contributed by atoms with E-state index in [1.54, 1.807) is 18.2 Å². The van der Waals surface area contributed by atoms with Crippen LogP contribution in [0.5, 0.6) is 0 Å². The lowest BCUT2D eigenvalue weighted by atomic mass is 10.1. The summed E-state index contributed by atoms with van der Waals surface area (Å²) in [5, 5.41) is 10.3. The van der Waals surface area contributed by atoms with Crippen LogP contribution in [0.3, 0.4) is 0 Å². The maximum atomic E-state index is 10.7. The Morgan fingerprint density at radius 1 is 1.50 bits per heavy atom. The number of nitrogens with two attached hydrogens (primary N) is 1. The largest absolute Gasteiger partial charge is 0.391 e. The van der Waals surface area contributed by atoms with Crippen molar-refractivity contribution in [1.82, 2.24) is 0 Å². The van der Waals surface area contributed by atoms with Crippen molar-refractivity contribution in [2.24, 2.45) is 0 Å². The Kier molecular flexibility index (Phi) is 1.95. The minimum atomic E-state index is 0.408. The summed E-state index contributed by atoms with van der Waals surface area (Å²) in [6.45, 7) is 0. The number of nitriles is 1. The molecule has 0 saturated heterocycles. The molecule has 1 heterocycles. The smallest absolute Gasteiger partial charge is 0.151 e. The van der Waals surface area contributed by atoms with Crippen LogP contribution in [0, 0.1) is 11.3 Å². The highest BCUT2D eigenvalue weighted by Crippen LogP contribution is 2.30. The number of hydrogen-bond donors (Lipinski definition) is 1. The summed E-state index contributed by atoms with van der Waals surface area (Å²) in [6, 6.07) is 7.20. The van der Waals surface area contributed by atoms with Crippen molar-refractivity contribution in [2.75, 3.05) is 5.73 Å². The fourth-order valence-corrected chi connectivity index (χ4v) is 2.21. The maximum absolute atomic E-state index is 10.7. The number of anilines is 1. The van der Waals surface area contributed by atoms with Crippen LogP contribution in [0.25, 0.3) is 10.1 Å². The number of nitrogens with zero attached hydrogens (tertiary/aromatic N) is 1. The molecule has 0 radical (unpaired) electrons. The van der Waals surface area contributed by atoms with Crippen LogP contribution in [0.1, 0.15) is 15.9 Å². The minimum absolute atomic E-state index is 0.408. The second-order valence-corrected chi connectivity index (χ2v) is 3.94. The van der Waals surface area contributed by atoms with Crippen molar-refractivity contribution in [3.05, 3.63) is 29.3 Å². The molecule has 4 heteroatoms. The van der Waals surface area contributed by atoms with E-state index in [2.05, 4.69) is 0 Å². The Labute approximate surface area is 84.4 Å². The molecule has 2 aromatic rings. The normalized spacial score (nSPS) is 9.93. The Morgan fingerprint density at radius 2 is 2.29 bits per heavy atom. The standard InChI is InChI=1S/C10H6N2OS/c11-4-8-6(5-13)1-2-9-7(8)3-10(12)14-9/h1-3,5H,12H2. The van der Waals surface area contributed by atoms with Crippen molar-refractivity contribution in [2.45, 2.75) is 0 Å². The van der Waals surface area contributed by atoms with E-state index >= 15 is 0 Å². The van der Waals surface area contributed by atoms with Crippen molar-refractivity contribution < 1.29 is 4.79 Å². The van der Waals surface area contributed by atoms with E-state index in [0.29, 0.717) is 22.4 Å². The predicted octanol–water partition coefficient (Wildman–Crippen LogP) is 2.17. The summed E-state index contributed by atoms with van der Waals surface area (Å²) < 4.78 is 0.935. The number of hydrogen-bond acceptors (Lipinski definition) is 4. The minimum Gasteiger partial charge on any atom is -0.391 e. The van der Waals surface area contributed by atoms with Gasteiger partial charge in [-0.25, -0.2) is 0 Å². The predicted molar refractivity (Wildman–Crippen MR) is 56.3 cm³/mol. The van der Waals surface area contributed by atoms with Gasteiger partial charge in [-0.05, 0) is 18.2 Å². The number of nitrogen functional groups attached to an aromatic ring is 1. The third-order valence-electron chi connectivity index (χ3n) is 1.99. The molecule has 0 spiro atoms. The van der Waals surface area contributed by atoms with Gasteiger partial charge < -0.3 is 5.73 Å². The van der Waals surface area contributed by atoms with E-state index in [1.807, 2.05) is 6.07 Å². The van der Waals surface area contributed by atoms with Gasteiger partial charge in [-0.2, -0.15) is 5.26 Å². The zero-order valence-corrected chi connectivity index (χ0v) is 7.97. The summed E-state index contributed by atoms with van der Waals surface area (Å²) >= 11 is 1.41. The highest BCUT2D eigenvalue weighted by atomic mass is 32.1. The summed E-state index contributed by atoms with van der Waals surface area (Å²) in [6.07, 6.45) is 0.686. The average Bonchev–Trinajstić information content (AvgIpc) is 2.56. The van der Waals surface area contributed by atoms with Gasteiger partial charge in [0, 0.05) is 15.6 Å². The first-order chi connectivity index (χ1) is 6.76. The lowest BCUT2D eigenvalue weighted by Crippen LogP contribution is -1.86. The lowest BCUT2D eigenvalue weighted by Gasteiger charge is -1.95. The summed E-state index contributed by atoms with van der Waals surface area (Å²) in [5.41, 5.74) is 6.45. The molecule has 0 aliphatic heterocycles. The van der Waals surface area contributed by atoms with Gasteiger partial charge in [-0.1, -0.05) is 0 Å². The van der Waals surface area contributed by atoms with E-state index in [-0.39, 0.29) is 0 Å². The molecule has 2 N–H and O–H groups in total. The first-order valence-electron chi connectivity index (χ1n) is 3.93. The van der Waals surface area contributed by atoms with Gasteiger partial charge in [-0.3, -0.25) is 4.79 Å². The molecule has 0 aliphatic rings. The van der Waals surface area contributed by atoms with Crippen LogP contribution in [0.4, 0.5) is 5.00 Å². The van der Waals surface area contributed by atoms with Gasteiger partial charge in [0.15, 0.2) is 6.29 Å². The van der Waals surface area contributed by atoms with E-state index in [4.69, 9.17) is 11.0 Å². The number of carbonyl (C=O) groups is 1. The van der Waals surface area contributed by atoms with E-state index in [9.17, 15) is 4.79 Å². The van der Waals surface area contributed by atoms with Crippen molar-refractivity contribution >= 4 is 32.7 Å². The lowest BCUT2D eigenvalue weighted by molar-refractivity contribution is 0.112. The van der Waals surface area contributed by atoms with E-state index in [0.717, 1.165) is 10.1 Å². The first-order valence-corrected chi connectivity index (χ1v) is 4.75. The van der Waals surface area contributed by atoms with Crippen LogP contribution in [0.2, 0.25) is 0 Å². The monoisotopic (exact) mass is 202 g/mol. The second-order valence-electron chi connectivity index (χ2n) is 2.82. The molecule has 0 bridgehead atoms. The number of fused-ring (bicyclic) bond motifs is 1. The van der Waals surface area contributed by atoms with Crippen LogP contribution in [-0.4, -0.2) is 6.29 Å². The zero-order chi connectivity index (χ0) is 10.1. The Balaban J connectivity index is 2.91. The summed E-state index contributed by atoms with van der Waals surface area (Å²) in [4.78, 5) is 10.7. The maximum Gasteiger partial charge on any atom is 0.151 e. The van der Waals surface area contributed by atoms with Gasteiger partial charge in [0.2, 0.25) is 0 Å². The third-order valence-corrected chi connectivity index (χ3v) is 2.92. The van der Waals surface area contributed by atoms with E-state index in [1.165, 1.54) is 11.3 Å². The van der Waals surface area contributed by atoms with Crippen LogP contribution in [0.15, 0.2) is 18.2 Å². The van der Waals surface area contributed by atoms with Gasteiger partial charge in [0.25, 0.3) is 0 Å². The molecule has 14 heavy (non-hydrogen) atoms. The third kappa shape index (κ3) is 1.15. The molecule has 1 aromatic heterocycles. The molecule has 0 fully saturated rings. The van der Waals surface area contributed by atoms with Crippen molar-refractivity contribution in [1.29, 1.82) is 5.26 Å². The molecular weight excluding hydrogens is 196 g/mol. The van der Waals surface area contributed by atoms with Crippen LogP contribution in [-0.2, 0) is 0 Å². The van der Waals surface area contributed by atoms with Gasteiger partial charge >= 0.3 is 0 Å². The zero-order valence-electron chi connectivity index (χ0n) is 7.15. The quantitative estimate of drug-likeness (QED) is 0.720. The molecule has 0 atom stereocenters. The SMILES string of the molecule is N#Cc1c(C=O)ccc2sc(N)cc12. The molecule has 0 amide bonds. The molecule has 0 unspecified atom stereocenters. The summed E-state index contributed by atoms with van der Waals surface area (Å²) in [5.74, 6) is 0. The fraction of sp³-hybridized carbons (Fsp3) is 0. The molecule has 2 rings (SSSR count). The molecule has 0 aliphatic carbocycles. The topological polar surface area (TPSA) is 66.9 Å². The fourth-order valence-electron chi connectivity index (χ4n) is 1.37. The highest BCUT2D eigenvalue weighted by Gasteiger charge is 2.08. The van der Waals surface area contributed by atoms with Crippen molar-refractivity contribution in [3.63, 3.8) is 0 Å². The Bertz CT molecular complexity index is 551. The van der Waals surface area contributed by atoms with Crippen LogP contribution < -0.4 is 5.73 Å². The van der Waals surface area contributed by atoms with Gasteiger partial charge in [0.05, 0.1) is 10.6 Å². The molecular formula is C10H6N2OS. The highest BCUT2D eigenvalue weighted by molar-refractivity contribution is 7.22. The summed E-state index contributed by atoms with van der Waals surface area (Å²) in [7, 11) is 0. The Hall–Kier alpha value is -1.86. The molecule has 1 aromatic carbocycles.